The Balaban J connectivity index is 2.55. The third kappa shape index (κ3) is 1.98. The van der Waals surface area contributed by atoms with Crippen molar-refractivity contribution >= 4 is 5.96 Å². The van der Waals surface area contributed by atoms with Gasteiger partial charge in [0.05, 0.1) is 6.04 Å². The van der Waals surface area contributed by atoms with E-state index in [-0.39, 0.29) is 6.04 Å². The summed E-state index contributed by atoms with van der Waals surface area (Å²) in [6.07, 6.45) is 3.47. The van der Waals surface area contributed by atoms with Gasteiger partial charge in [-0.05, 0) is 6.92 Å². The zero-order chi connectivity index (χ0) is 8.97. The molecule has 1 atom stereocenters. The van der Waals surface area contributed by atoms with Crippen molar-refractivity contribution in [2.75, 3.05) is 7.05 Å². The minimum absolute atomic E-state index is 0.0590. The third-order valence-corrected chi connectivity index (χ3v) is 1.53. The molecule has 1 aromatic heterocycles. The van der Waals surface area contributed by atoms with Crippen molar-refractivity contribution in [1.82, 2.24) is 15.3 Å². The molecule has 0 fully saturated rings. The lowest BCUT2D eigenvalue weighted by atomic mass is 10.3. The molecule has 0 aliphatic rings. The molecule has 0 spiro atoms. The minimum Gasteiger partial charge on any atom is -0.370 e. The van der Waals surface area contributed by atoms with Gasteiger partial charge in [0.25, 0.3) is 0 Å². The molecule has 0 aromatic carbocycles. The molecule has 4 N–H and O–H groups in total. The molecular weight excluding hydrogens is 154 g/mol. The van der Waals surface area contributed by atoms with E-state index < -0.39 is 0 Å². The van der Waals surface area contributed by atoms with E-state index in [4.69, 9.17) is 5.73 Å². The number of aliphatic imine (C=N–C) groups is 1. The number of nitrogens with zero attached hydrogens (tertiary/aromatic N) is 2. The van der Waals surface area contributed by atoms with E-state index in [2.05, 4.69) is 20.3 Å². The highest BCUT2D eigenvalue weighted by Gasteiger charge is 2.06. The molecule has 1 heterocycles. The smallest absolute Gasteiger partial charge is 0.188 e. The number of guanidine groups is 1. The number of aromatic nitrogens is 2. The fourth-order valence-electron chi connectivity index (χ4n) is 0.869. The number of aromatic amines is 1. The Kier molecular flexibility index (Phi) is 2.68. The van der Waals surface area contributed by atoms with Crippen LogP contribution in [0.15, 0.2) is 17.4 Å². The van der Waals surface area contributed by atoms with E-state index in [9.17, 15) is 0 Å². The summed E-state index contributed by atoms with van der Waals surface area (Å²) < 4.78 is 0. The summed E-state index contributed by atoms with van der Waals surface area (Å²) in [4.78, 5) is 10.8. The van der Waals surface area contributed by atoms with Gasteiger partial charge in [-0.2, -0.15) is 0 Å². The van der Waals surface area contributed by atoms with Gasteiger partial charge in [0.2, 0.25) is 0 Å². The maximum atomic E-state index is 5.48. The number of imidazole rings is 1. The second-order valence-corrected chi connectivity index (χ2v) is 2.45. The van der Waals surface area contributed by atoms with Crippen molar-refractivity contribution in [3.63, 3.8) is 0 Å². The quantitative estimate of drug-likeness (QED) is 0.428. The van der Waals surface area contributed by atoms with E-state index >= 15 is 0 Å². The first kappa shape index (κ1) is 8.58. The van der Waals surface area contributed by atoms with E-state index in [0.29, 0.717) is 5.96 Å². The molecule has 5 nitrogen and oxygen atoms in total. The Labute approximate surface area is 71.1 Å². The molecule has 1 aromatic rings. The predicted octanol–water partition coefficient (Wildman–Crippen LogP) is 0.00480. The van der Waals surface area contributed by atoms with Gasteiger partial charge in [-0.25, -0.2) is 4.98 Å². The average molecular weight is 167 g/mol. The van der Waals surface area contributed by atoms with Gasteiger partial charge in [-0.3, -0.25) is 4.99 Å². The van der Waals surface area contributed by atoms with Crippen LogP contribution in [-0.2, 0) is 0 Å². The molecule has 1 rings (SSSR count). The highest BCUT2D eigenvalue weighted by molar-refractivity contribution is 5.77. The zero-order valence-electron chi connectivity index (χ0n) is 7.20. The average Bonchev–Trinajstić information content (AvgIpc) is 2.56. The van der Waals surface area contributed by atoms with Gasteiger partial charge in [-0.1, -0.05) is 0 Å². The van der Waals surface area contributed by atoms with Gasteiger partial charge >= 0.3 is 0 Å². The maximum absolute atomic E-state index is 5.48. The number of hydrogen-bond donors (Lipinski definition) is 3. The highest BCUT2D eigenvalue weighted by Crippen LogP contribution is 2.03. The number of rotatable bonds is 2. The number of nitrogens with two attached hydrogens (primary N) is 1. The van der Waals surface area contributed by atoms with Gasteiger partial charge in [-0.15, -0.1) is 0 Å². The Morgan fingerprint density at radius 2 is 2.58 bits per heavy atom. The second-order valence-electron chi connectivity index (χ2n) is 2.45. The first-order valence-corrected chi connectivity index (χ1v) is 3.72. The van der Waals surface area contributed by atoms with E-state index in [1.807, 2.05) is 6.92 Å². The topological polar surface area (TPSA) is 79.1 Å². The van der Waals surface area contributed by atoms with Crippen LogP contribution in [0, 0.1) is 0 Å². The fraction of sp³-hybridized carbons (Fsp3) is 0.429. The Hall–Kier alpha value is -1.52. The van der Waals surface area contributed by atoms with Crippen LogP contribution >= 0.6 is 0 Å². The third-order valence-electron chi connectivity index (χ3n) is 1.53. The molecule has 0 saturated carbocycles. The van der Waals surface area contributed by atoms with Crippen LogP contribution < -0.4 is 11.1 Å². The molecule has 0 saturated heterocycles. The fourth-order valence-corrected chi connectivity index (χ4v) is 0.869. The van der Waals surface area contributed by atoms with Gasteiger partial charge in [0.15, 0.2) is 5.96 Å². The van der Waals surface area contributed by atoms with Crippen molar-refractivity contribution < 1.29 is 0 Å². The predicted molar refractivity (Wildman–Crippen MR) is 47.7 cm³/mol. The van der Waals surface area contributed by atoms with Crippen LogP contribution in [-0.4, -0.2) is 23.0 Å². The molecule has 66 valence electrons. The summed E-state index contributed by atoms with van der Waals surface area (Å²) in [5.74, 6) is 1.26. The summed E-state index contributed by atoms with van der Waals surface area (Å²) in [6.45, 7) is 1.96. The molecule has 0 radical (unpaired) electrons. The van der Waals surface area contributed by atoms with Crippen LogP contribution in [0.3, 0.4) is 0 Å². The van der Waals surface area contributed by atoms with Crippen LogP contribution in [0.2, 0.25) is 0 Å². The van der Waals surface area contributed by atoms with Crippen molar-refractivity contribution in [2.24, 2.45) is 10.7 Å². The van der Waals surface area contributed by atoms with E-state index in [1.54, 1.807) is 19.4 Å². The van der Waals surface area contributed by atoms with Crippen LogP contribution in [0.1, 0.15) is 18.8 Å². The van der Waals surface area contributed by atoms with E-state index in [0.717, 1.165) is 5.82 Å². The first-order chi connectivity index (χ1) is 5.74. The standard InChI is InChI=1S/C7H13N5/c1-5(12-7(8)9-2)6-10-3-4-11-6/h3-5H,1-2H3,(H,10,11)(H3,8,9,12). The van der Waals surface area contributed by atoms with Crippen molar-refractivity contribution in [2.45, 2.75) is 13.0 Å². The highest BCUT2D eigenvalue weighted by atomic mass is 15.1. The first-order valence-electron chi connectivity index (χ1n) is 3.72. The summed E-state index contributed by atoms with van der Waals surface area (Å²) in [5.41, 5.74) is 5.48. The molecule has 1 unspecified atom stereocenters. The molecule has 0 amide bonds. The van der Waals surface area contributed by atoms with Gasteiger partial charge < -0.3 is 16.0 Å². The zero-order valence-corrected chi connectivity index (χ0v) is 7.20. The molecule has 5 heteroatoms. The van der Waals surface area contributed by atoms with Gasteiger partial charge in [0, 0.05) is 19.4 Å². The van der Waals surface area contributed by atoms with Crippen molar-refractivity contribution in [3.8, 4) is 0 Å². The molecule has 12 heavy (non-hydrogen) atoms. The Morgan fingerprint density at radius 1 is 1.83 bits per heavy atom. The van der Waals surface area contributed by atoms with Crippen molar-refractivity contribution in [3.05, 3.63) is 18.2 Å². The Bertz CT molecular complexity index is 251. The lowest BCUT2D eigenvalue weighted by Crippen LogP contribution is -2.33. The largest absolute Gasteiger partial charge is 0.370 e. The summed E-state index contributed by atoms with van der Waals surface area (Å²) in [7, 11) is 1.64. The monoisotopic (exact) mass is 167 g/mol. The molecule has 0 aliphatic heterocycles. The number of H-pyrrole nitrogens is 1. The Morgan fingerprint density at radius 3 is 3.08 bits per heavy atom. The van der Waals surface area contributed by atoms with Crippen LogP contribution in [0.5, 0.6) is 0 Å². The SMILES string of the molecule is CN=C(N)NC(C)c1ncc[nH]1. The normalized spacial score (nSPS) is 14.3. The summed E-state index contributed by atoms with van der Waals surface area (Å²) in [6, 6.07) is 0.0590. The van der Waals surface area contributed by atoms with Crippen molar-refractivity contribution in [1.29, 1.82) is 0 Å². The van der Waals surface area contributed by atoms with Gasteiger partial charge in [0.1, 0.15) is 5.82 Å². The summed E-state index contributed by atoms with van der Waals surface area (Å²) in [5, 5.41) is 2.97. The van der Waals surface area contributed by atoms with E-state index in [1.165, 1.54) is 0 Å². The molecule has 0 aliphatic carbocycles. The number of hydrogen-bond acceptors (Lipinski definition) is 2. The maximum Gasteiger partial charge on any atom is 0.188 e. The molecule has 0 bridgehead atoms. The lowest BCUT2D eigenvalue weighted by Gasteiger charge is -2.10. The summed E-state index contributed by atoms with van der Waals surface area (Å²) >= 11 is 0. The lowest BCUT2D eigenvalue weighted by molar-refractivity contribution is 0.668. The minimum atomic E-state index is 0.0590. The van der Waals surface area contributed by atoms with Crippen LogP contribution in [0.4, 0.5) is 0 Å². The second kappa shape index (κ2) is 3.75. The molecular formula is C7H13N5. The number of nitrogens with one attached hydrogen (secondary N) is 2. The van der Waals surface area contributed by atoms with Crippen LogP contribution in [0.25, 0.3) is 0 Å².